The van der Waals surface area contributed by atoms with Crippen LogP contribution in [0.4, 0.5) is 5.69 Å². The molecule has 2 rings (SSSR count). The Morgan fingerprint density at radius 1 is 1.39 bits per heavy atom. The van der Waals surface area contributed by atoms with Crippen molar-refractivity contribution in [1.29, 1.82) is 0 Å². The zero-order valence-corrected chi connectivity index (χ0v) is 13.8. The number of anilines is 1. The third kappa shape index (κ3) is 3.88. The van der Waals surface area contributed by atoms with Crippen LogP contribution in [0.5, 0.6) is 0 Å². The molecule has 6 nitrogen and oxygen atoms in total. The second-order valence-corrected chi connectivity index (χ2v) is 6.32. The first-order valence-corrected chi connectivity index (χ1v) is 7.73. The number of hydrogen-bond acceptors (Lipinski definition) is 3. The maximum Gasteiger partial charge on any atom is 0.237 e. The average Bonchev–Trinajstić information content (AvgIpc) is 2.87. The van der Waals surface area contributed by atoms with Gasteiger partial charge in [0.15, 0.2) is 0 Å². The van der Waals surface area contributed by atoms with E-state index >= 15 is 0 Å². The topological polar surface area (TPSA) is 83.7 Å². The van der Waals surface area contributed by atoms with Crippen molar-refractivity contribution in [3.63, 3.8) is 0 Å². The summed E-state index contributed by atoms with van der Waals surface area (Å²) in [6, 6.07) is 7.82. The molecule has 0 aromatic heterocycles. The monoisotopic (exact) mass is 317 g/mol. The van der Waals surface area contributed by atoms with Crippen molar-refractivity contribution in [2.75, 3.05) is 25.0 Å². The summed E-state index contributed by atoms with van der Waals surface area (Å²) < 4.78 is 0. The van der Waals surface area contributed by atoms with Crippen molar-refractivity contribution >= 4 is 23.4 Å². The molecule has 0 saturated carbocycles. The quantitative estimate of drug-likeness (QED) is 0.883. The van der Waals surface area contributed by atoms with Crippen molar-refractivity contribution in [1.82, 2.24) is 4.90 Å². The first-order valence-electron chi connectivity index (χ1n) is 7.73. The molecule has 1 fully saturated rings. The fourth-order valence-electron chi connectivity index (χ4n) is 2.80. The molecule has 1 atom stereocenters. The van der Waals surface area contributed by atoms with E-state index in [1.54, 1.807) is 4.90 Å². The summed E-state index contributed by atoms with van der Waals surface area (Å²) >= 11 is 0. The summed E-state index contributed by atoms with van der Waals surface area (Å²) in [6.45, 7) is 4.39. The van der Waals surface area contributed by atoms with E-state index < -0.39 is 11.8 Å². The lowest BCUT2D eigenvalue weighted by atomic mass is 10.0. The van der Waals surface area contributed by atoms with E-state index in [0.717, 1.165) is 11.3 Å². The molecule has 0 radical (unpaired) electrons. The smallest absolute Gasteiger partial charge is 0.237 e. The van der Waals surface area contributed by atoms with Gasteiger partial charge < -0.3 is 15.5 Å². The molecule has 1 aliphatic heterocycles. The minimum absolute atomic E-state index is 0.0725. The average molecular weight is 317 g/mol. The van der Waals surface area contributed by atoms with E-state index in [0.29, 0.717) is 12.5 Å². The summed E-state index contributed by atoms with van der Waals surface area (Å²) in [5.41, 5.74) is 7.07. The number of nitrogens with two attached hydrogens (primary N) is 1. The van der Waals surface area contributed by atoms with E-state index in [-0.39, 0.29) is 24.8 Å². The summed E-state index contributed by atoms with van der Waals surface area (Å²) in [6.07, 6.45) is 0.161. The van der Waals surface area contributed by atoms with Crippen LogP contribution < -0.4 is 10.6 Å². The van der Waals surface area contributed by atoms with E-state index in [9.17, 15) is 14.4 Å². The van der Waals surface area contributed by atoms with Crippen LogP contribution in [0.1, 0.15) is 31.7 Å². The van der Waals surface area contributed by atoms with Gasteiger partial charge in [-0.2, -0.15) is 0 Å². The lowest BCUT2D eigenvalue weighted by molar-refractivity contribution is -0.137. The number of rotatable bonds is 5. The molecule has 3 amide bonds. The number of likely N-dealkylation sites (N-methyl/N-ethyl adjacent to an activating group) is 1. The van der Waals surface area contributed by atoms with Gasteiger partial charge in [-0.1, -0.05) is 26.0 Å². The standard InChI is InChI=1S/C17H23N3O3/c1-11(2)12-5-4-6-14(7-12)20-9-13(8-16(20)22)17(23)19(3)10-15(18)21/h4-7,11,13H,8-10H2,1-3H3,(H2,18,21)/t13-/m0/s1. The summed E-state index contributed by atoms with van der Waals surface area (Å²) in [4.78, 5) is 38.5. The zero-order valence-electron chi connectivity index (χ0n) is 13.8. The van der Waals surface area contributed by atoms with Crippen LogP contribution in [0, 0.1) is 5.92 Å². The van der Waals surface area contributed by atoms with Gasteiger partial charge in [-0.05, 0) is 23.6 Å². The molecule has 0 aliphatic carbocycles. The van der Waals surface area contributed by atoms with Gasteiger partial charge in [-0.15, -0.1) is 0 Å². The van der Waals surface area contributed by atoms with Gasteiger partial charge in [0.25, 0.3) is 0 Å². The molecule has 23 heavy (non-hydrogen) atoms. The minimum Gasteiger partial charge on any atom is -0.368 e. The molecule has 1 aromatic carbocycles. The number of hydrogen-bond donors (Lipinski definition) is 1. The third-order valence-corrected chi connectivity index (χ3v) is 4.09. The van der Waals surface area contributed by atoms with Gasteiger partial charge in [0.1, 0.15) is 0 Å². The molecular formula is C17H23N3O3. The summed E-state index contributed by atoms with van der Waals surface area (Å²) in [7, 11) is 1.53. The van der Waals surface area contributed by atoms with Crippen LogP contribution in [-0.2, 0) is 14.4 Å². The number of carbonyl (C=O) groups excluding carboxylic acids is 3. The Hall–Kier alpha value is -2.37. The molecule has 0 spiro atoms. The van der Waals surface area contributed by atoms with Crippen LogP contribution in [0.15, 0.2) is 24.3 Å². The molecular weight excluding hydrogens is 294 g/mol. The number of nitrogens with zero attached hydrogens (tertiary/aromatic N) is 2. The van der Waals surface area contributed by atoms with Gasteiger partial charge in [0.2, 0.25) is 17.7 Å². The van der Waals surface area contributed by atoms with Crippen LogP contribution in [-0.4, -0.2) is 42.8 Å². The molecule has 1 saturated heterocycles. The predicted molar refractivity (Wildman–Crippen MR) is 87.8 cm³/mol. The predicted octanol–water partition coefficient (Wildman–Crippen LogP) is 1.11. The molecule has 0 unspecified atom stereocenters. The second kappa shape index (κ2) is 6.81. The molecule has 2 N–H and O–H groups in total. The molecule has 1 aromatic rings. The Balaban J connectivity index is 2.12. The van der Waals surface area contributed by atoms with Gasteiger partial charge in [0.05, 0.1) is 12.5 Å². The normalized spacial score (nSPS) is 17.7. The highest BCUT2D eigenvalue weighted by atomic mass is 16.2. The number of benzene rings is 1. The highest BCUT2D eigenvalue weighted by Gasteiger charge is 2.36. The second-order valence-electron chi connectivity index (χ2n) is 6.32. The van der Waals surface area contributed by atoms with E-state index in [2.05, 4.69) is 13.8 Å². The van der Waals surface area contributed by atoms with Gasteiger partial charge in [-0.3, -0.25) is 14.4 Å². The minimum atomic E-state index is -0.563. The highest BCUT2D eigenvalue weighted by Crippen LogP contribution is 2.28. The lowest BCUT2D eigenvalue weighted by Crippen LogP contribution is -2.39. The molecule has 124 valence electrons. The van der Waals surface area contributed by atoms with Gasteiger partial charge >= 0.3 is 0 Å². The number of amides is 3. The van der Waals surface area contributed by atoms with E-state index in [1.807, 2.05) is 24.3 Å². The summed E-state index contributed by atoms with van der Waals surface area (Å²) in [5.74, 6) is -0.926. The van der Waals surface area contributed by atoms with Crippen molar-refractivity contribution in [2.45, 2.75) is 26.2 Å². The molecule has 1 aliphatic rings. The third-order valence-electron chi connectivity index (χ3n) is 4.09. The Labute approximate surface area is 136 Å². The number of carbonyl (C=O) groups is 3. The maximum atomic E-state index is 12.3. The molecule has 1 heterocycles. The first-order chi connectivity index (χ1) is 10.8. The van der Waals surface area contributed by atoms with Crippen LogP contribution in [0.3, 0.4) is 0 Å². The van der Waals surface area contributed by atoms with E-state index in [1.165, 1.54) is 11.9 Å². The van der Waals surface area contributed by atoms with E-state index in [4.69, 9.17) is 5.73 Å². The molecule has 6 heteroatoms. The highest BCUT2D eigenvalue weighted by molar-refractivity contribution is 6.00. The Bertz CT molecular complexity index is 627. The zero-order chi connectivity index (χ0) is 17.1. The van der Waals surface area contributed by atoms with Crippen molar-refractivity contribution in [2.24, 2.45) is 11.7 Å². The summed E-state index contributed by atoms with van der Waals surface area (Å²) in [5, 5.41) is 0. The fraction of sp³-hybridized carbons (Fsp3) is 0.471. The SMILES string of the molecule is CC(C)c1cccc(N2C[C@@H](C(=O)N(C)CC(N)=O)CC2=O)c1. The van der Waals surface area contributed by atoms with Gasteiger partial charge in [0, 0.05) is 25.7 Å². The van der Waals surface area contributed by atoms with Crippen molar-refractivity contribution < 1.29 is 14.4 Å². The Morgan fingerprint density at radius 3 is 2.70 bits per heavy atom. The molecule has 0 bridgehead atoms. The fourth-order valence-corrected chi connectivity index (χ4v) is 2.80. The lowest BCUT2D eigenvalue weighted by Gasteiger charge is -2.21. The van der Waals surface area contributed by atoms with Gasteiger partial charge in [-0.25, -0.2) is 0 Å². The van der Waals surface area contributed by atoms with Crippen LogP contribution >= 0.6 is 0 Å². The Kier molecular flexibility index (Phi) is 5.03. The van der Waals surface area contributed by atoms with Crippen molar-refractivity contribution in [3.8, 4) is 0 Å². The van der Waals surface area contributed by atoms with Crippen LogP contribution in [0.25, 0.3) is 0 Å². The Morgan fingerprint density at radius 2 is 2.09 bits per heavy atom. The van der Waals surface area contributed by atoms with Crippen LogP contribution in [0.2, 0.25) is 0 Å². The van der Waals surface area contributed by atoms with Crippen molar-refractivity contribution in [3.05, 3.63) is 29.8 Å². The maximum absolute atomic E-state index is 12.3. The number of primary amides is 1. The largest absolute Gasteiger partial charge is 0.368 e. The first kappa shape index (κ1) is 17.0.